The SMILES string of the molecule is CCOC(=O)c1c(C)oc2nc(C)nc(NCCCN3CCN(C)CC3)c12. The summed E-state index contributed by atoms with van der Waals surface area (Å²) in [4.78, 5) is 26.0. The first-order chi connectivity index (χ1) is 13.0. The predicted octanol–water partition coefficient (Wildman–Crippen LogP) is 2.07. The monoisotopic (exact) mass is 375 g/mol. The lowest BCUT2D eigenvalue weighted by Crippen LogP contribution is -2.44. The number of nitrogens with one attached hydrogen (secondary N) is 1. The van der Waals surface area contributed by atoms with Crippen LogP contribution in [0.3, 0.4) is 0 Å². The topological polar surface area (TPSA) is 83.7 Å². The Morgan fingerprint density at radius 3 is 2.67 bits per heavy atom. The van der Waals surface area contributed by atoms with Crippen molar-refractivity contribution in [2.24, 2.45) is 0 Å². The molecular weight excluding hydrogens is 346 g/mol. The summed E-state index contributed by atoms with van der Waals surface area (Å²) in [6.45, 7) is 11.9. The fourth-order valence-electron chi connectivity index (χ4n) is 3.38. The Balaban J connectivity index is 1.70. The summed E-state index contributed by atoms with van der Waals surface area (Å²) in [5, 5.41) is 3.98. The van der Waals surface area contributed by atoms with Crippen molar-refractivity contribution in [3.05, 3.63) is 17.1 Å². The number of ether oxygens (including phenoxy) is 1. The molecule has 0 aromatic carbocycles. The lowest BCUT2D eigenvalue weighted by atomic mass is 10.2. The Morgan fingerprint density at radius 2 is 1.96 bits per heavy atom. The van der Waals surface area contributed by atoms with Gasteiger partial charge in [0.2, 0.25) is 5.71 Å². The van der Waals surface area contributed by atoms with Gasteiger partial charge in [0.15, 0.2) is 0 Å². The molecule has 0 amide bonds. The van der Waals surface area contributed by atoms with Gasteiger partial charge in [-0.25, -0.2) is 9.78 Å². The zero-order valence-electron chi connectivity index (χ0n) is 16.7. The largest absolute Gasteiger partial charge is 0.462 e. The average molecular weight is 375 g/mol. The fourth-order valence-corrected chi connectivity index (χ4v) is 3.38. The minimum absolute atomic E-state index is 0.311. The number of aryl methyl sites for hydroxylation is 2. The number of rotatable bonds is 7. The van der Waals surface area contributed by atoms with E-state index in [1.54, 1.807) is 13.8 Å². The second-order valence-corrected chi connectivity index (χ2v) is 6.98. The lowest BCUT2D eigenvalue weighted by Gasteiger charge is -2.32. The molecule has 1 aliphatic heterocycles. The van der Waals surface area contributed by atoms with E-state index in [9.17, 15) is 4.79 Å². The number of aromatic nitrogens is 2. The molecule has 8 heteroatoms. The van der Waals surface area contributed by atoms with Crippen LogP contribution in [-0.4, -0.2) is 78.7 Å². The number of nitrogens with zero attached hydrogens (tertiary/aromatic N) is 4. The van der Waals surface area contributed by atoms with Gasteiger partial charge in [0, 0.05) is 32.7 Å². The molecule has 8 nitrogen and oxygen atoms in total. The van der Waals surface area contributed by atoms with Crippen LogP contribution in [0.2, 0.25) is 0 Å². The third kappa shape index (κ3) is 4.56. The van der Waals surface area contributed by atoms with Crippen molar-refractivity contribution < 1.29 is 13.9 Å². The highest BCUT2D eigenvalue weighted by molar-refractivity contribution is 6.07. The van der Waals surface area contributed by atoms with Crippen LogP contribution in [0.4, 0.5) is 5.82 Å². The summed E-state index contributed by atoms with van der Waals surface area (Å²) < 4.78 is 10.9. The number of carbonyl (C=O) groups is 1. The molecule has 0 unspecified atom stereocenters. The number of esters is 1. The minimum Gasteiger partial charge on any atom is -0.462 e. The summed E-state index contributed by atoms with van der Waals surface area (Å²) in [5.74, 6) is 1.34. The molecular formula is C19H29N5O3. The van der Waals surface area contributed by atoms with Gasteiger partial charge in [-0.2, -0.15) is 4.98 Å². The highest BCUT2D eigenvalue weighted by Gasteiger charge is 2.24. The highest BCUT2D eigenvalue weighted by Crippen LogP contribution is 2.30. The third-order valence-corrected chi connectivity index (χ3v) is 4.86. The number of anilines is 1. The van der Waals surface area contributed by atoms with Crippen molar-refractivity contribution in [1.82, 2.24) is 19.8 Å². The van der Waals surface area contributed by atoms with Gasteiger partial charge >= 0.3 is 5.97 Å². The van der Waals surface area contributed by atoms with Crippen molar-refractivity contribution in [2.75, 3.05) is 58.2 Å². The van der Waals surface area contributed by atoms with Crippen molar-refractivity contribution >= 4 is 22.9 Å². The lowest BCUT2D eigenvalue weighted by molar-refractivity contribution is 0.0526. The zero-order valence-corrected chi connectivity index (χ0v) is 16.7. The number of carbonyl (C=O) groups excluding carboxylic acids is 1. The summed E-state index contributed by atoms with van der Waals surface area (Å²) in [6, 6.07) is 0. The van der Waals surface area contributed by atoms with Crippen molar-refractivity contribution in [1.29, 1.82) is 0 Å². The van der Waals surface area contributed by atoms with E-state index in [4.69, 9.17) is 9.15 Å². The first kappa shape index (κ1) is 19.6. The van der Waals surface area contributed by atoms with Crippen LogP contribution in [-0.2, 0) is 4.74 Å². The van der Waals surface area contributed by atoms with E-state index < -0.39 is 5.97 Å². The van der Waals surface area contributed by atoms with E-state index >= 15 is 0 Å². The average Bonchev–Trinajstić information content (AvgIpc) is 2.96. The smallest absolute Gasteiger partial charge is 0.342 e. The first-order valence-corrected chi connectivity index (χ1v) is 9.59. The number of hydrogen-bond acceptors (Lipinski definition) is 8. The van der Waals surface area contributed by atoms with Crippen LogP contribution >= 0.6 is 0 Å². The van der Waals surface area contributed by atoms with Gasteiger partial charge < -0.3 is 24.3 Å². The van der Waals surface area contributed by atoms with Gasteiger partial charge in [-0.05, 0) is 40.8 Å². The molecule has 1 N–H and O–H groups in total. The van der Waals surface area contributed by atoms with Crippen LogP contribution < -0.4 is 5.32 Å². The number of piperazine rings is 1. The molecule has 3 rings (SSSR count). The number of likely N-dealkylation sites (N-methyl/N-ethyl adjacent to an activating group) is 1. The molecule has 0 spiro atoms. The summed E-state index contributed by atoms with van der Waals surface area (Å²) in [6.07, 6.45) is 1.000. The molecule has 148 valence electrons. The molecule has 1 fully saturated rings. The number of furan rings is 1. The number of fused-ring (bicyclic) bond motifs is 1. The summed E-state index contributed by atoms with van der Waals surface area (Å²) >= 11 is 0. The van der Waals surface area contributed by atoms with Gasteiger partial charge in [-0.1, -0.05) is 0 Å². The van der Waals surface area contributed by atoms with Gasteiger partial charge in [-0.3, -0.25) is 0 Å². The van der Waals surface area contributed by atoms with E-state index in [1.165, 1.54) is 0 Å². The summed E-state index contributed by atoms with van der Waals surface area (Å²) in [5.41, 5.74) is 0.832. The molecule has 1 saturated heterocycles. The zero-order chi connectivity index (χ0) is 19.4. The van der Waals surface area contributed by atoms with Crippen LogP contribution in [0.5, 0.6) is 0 Å². The van der Waals surface area contributed by atoms with Crippen LogP contribution in [0.1, 0.15) is 35.3 Å². The minimum atomic E-state index is -0.401. The van der Waals surface area contributed by atoms with E-state index in [1.807, 2.05) is 6.92 Å². The van der Waals surface area contributed by atoms with Crippen molar-refractivity contribution in [2.45, 2.75) is 27.2 Å². The Morgan fingerprint density at radius 1 is 1.22 bits per heavy atom. The number of hydrogen-bond donors (Lipinski definition) is 1. The van der Waals surface area contributed by atoms with Crippen LogP contribution in [0.15, 0.2) is 4.42 Å². The van der Waals surface area contributed by atoms with E-state index in [-0.39, 0.29) is 0 Å². The quantitative estimate of drug-likeness (QED) is 0.582. The molecule has 0 radical (unpaired) electrons. The standard InChI is InChI=1S/C19H29N5O3/c1-5-26-19(25)15-13(2)27-18-16(15)17(21-14(3)22-18)20-7-6-8-24-11-9-23(4)10-12-24/h5-12H2,1-4H3,(H,20,21,22). The van der Waals surface area contributed by atoms with Crippen LogP contribution in [0.25, 0.3) is 11.1 Å². The molecule has 0 aliphatic carbocycles. The second kappa shape index (κ2) is 8.67. The Kier molecular flexibility index (Phi) is 6.28. The normalized spacial score (nSPS) is 16.0. The van der Waals surface area contributed by atoms with Gasteiger partial charge in [0.1, 0.15) is 23.0 Å². The maximum Gasteiger partial charge on any atom is 0.342 e. The van der Waals surface area contributed by atoms with E-state index in [0.29, 0.717) is 40.7 Å². The van der Waals surface area contributed by atoms with Gasteiger partial charge in [0.05, 0.1) is 12.0 Å². The summed E-state index contributed by atoms with van der Waals surface area (Å²) in [7, 11) is 2.16. The highest BCUT2D eigenvalue weighted by atomic mass is 16.5. The van der Waals surface area contributed by atoms with Gasteiger partial charge in [-0.15, -0.1) is 0 Å². The van der Waals surface area contributed by atoms with Crippen molar-refractivity contribution in [3.63, 3.8) is 0 Å². The second-order valence-electron chi connectivity index (χ2n) is 6.98. The Labute approximate surface area is 159 Å². The van der Waals surface area contributed by atoms with Crippen molar-refractivity contribution in [3.8, 4) is 0 Å². The Bertz CT molecular complexity index is 796. The first-order valence-electron chi connectivity index (χ1n) is 9.59. The molecule has 0 atom stereocenters. The third-order valence-electron chi connectivity index (χ3n) is 4.86. The maximum absolute atomic E-state index is 12.4. The van der Waals surface area contributed by atoms with Crippen LogP contribution in [0, 0.1) is 13.8 Å². The molecule has 0 bridgehead atoms. The molecule has 2 aromatic heterocycles. The molecule has 27 heavy (non-hydrogen) atoms. The van der Waals surface area contributed by atoms with Gasteiger partial charge in [0.25, 0.3) is 0 Å². The van der Waals surface area contributed by atoms with E-state index in [2.05, 4.69) is 32.1 Å². The van der Waals surface area contributed by atoms with E-state index in [0.717, 1.165) is 45.7 Å². The molecule has 3 heterocycles. The fraction of sp³-hybridized carbons (Fsp3) is 0.632. The molecule has 1 aliphatic rings. The Hall–Kier alpha value is -2.19. The maximum atomic E-state index is 12.4. The molecule has 0 saturated carbocycles. The predicted molar refractivity (Wildman–Crippen MR) is 104 cm³/mol. The molecule has 2 aromatic rings.